The van der Waals surface area contributed by atoms with Gasteiger partial charge >= 0.3 is 0 Å². The fourth-order valence-corrected chi connectivity index (χ4v) is 3.04. The number of carbonyl (C=O) groups excluding carboxylic acids is 1. The molecule has 0 radical (unpaired) electrons. The Labute approximate surface area is 101 Å². The first-order valence-corrected chi connectivity index (χ1v) is 6.04. The molecular weight excluding hydrogens is 214 g/mol. The van der Waals surface area contributed by atoms with Crippen molar-refractivity contribution in [3.8, 4) is 5.75 Å². The third-order valence-electron chi connectivity index (χ3n) is 3.72. The zero-order valence-electron chi connectivity index (χ0n) is 10.4. The lowest BCUT2D eigenvalue weighted by atomic mass is 9.72. The summed E-state index contributed by atoms with van der Waals surface area (Å²) in [6, 6.07) is 8.01. The number of rotatable bonds is 0. The van der Waals surface area contributed by atoms with Crippen LogP contribution in [0.1, 0.15) is 32.3 Å². The monoisotopic (exact) mass is 231 g/mol. The summed E-state index contributed by atoms with van der Waals surface area (Å²) in [5.41, 5.74) is 1.11. The minimum absolute atomic E-state index is 0.0175. The maximum absolute atomic E-state index is 12.1. The number of benzene rings is 1. The molecule has 2 aliphatic rings. The second-order valence-electron chi connectivity index (χ2n) is 5.95. The van der Waals surface area contributed by atoms with Crippen LogP contribution in [0.4, 0.5) is 0 Å². The first kappa shape index (κ1) is 10.6. The Morgan fingerprint density at radius 2 is 1.94 bits per heavy atom. The van der Waals surface area contributed by atoms with E-state index in [-0.39, 0.29) is 29.4 Å². The average molecular weight is 231 g/mol. The van der Waals surface area contributed by atoms with E-state index in [9.17, 15) is 4.79 Å². The molecule has 2 aliphatic heterocycles. The van der Waals surface area contributed by atoms with Crippen LogP contribution >= 0.6 is 0 Å². The van der Waals surface area contributed by atoms with Crippen LogP contribution in [-0.4, -0.2) is 12.1 Å². The molecule has 17 heavy (non-hydrogen) atoms. The standard InChI is InChI=1S/C14H17NO2/c1-14(2,3)11-10-8-6-4-5-7-9(8)17-13(10)15-12(11)16/h4-7,10-11,13H,1-3H3,(H,15,16)/t10-,11?,13-/m0/s1. The molecule has 3 rings (SSSR count). The summed E-state index contributed by atoms with van der Waals surface area (Å²) in [7, 11) is 0. The van der Waals surface area contributed by atoms with Crippen LogP contribution in [0.25, 0.3) is 0 Å². The molecule has 1 aromatic rings. The van der Waals surface area contributed by atoms with E-state index in [0.29, 0.717) is 0 Å². The van der Waals surface area contributed by atoms with Gasteiger partial charge in [-0.25, -0.2) is 0 Å². The molecule has 1 aromatic carbocycles. The van der Waals surface area contributed by atoms with Crippen LogP contribution in [-0.2, 0) is 4.79 Å². The molecule has 1 unspecified atom stereocenters. The number of hydrogen-bond donors (Lipinski definition) is 1. The highest BCUT2D eigenvalue weighted by Crippen LogP contribution is 2.50. The van der Waals surface area contributed by atoms with E-state index < -0.39 is 0 Å². The molecule has 1 saturated heterocycles. The van der Waals surface area contributed by atoms with Gasteiger partial charge in [-0.3, -0.25) is 4.79 Å². The van der Waals surface area contributed by atoms with Gasteiger partial charge in [0.2, 0.25) is 5.91 Å². The van der Waals surface area contributed by atoms with Gasteiger partial charge in [-0.1, -0.05) is 39.0 Å². The van der Waals surface area contributed by atoms with Crippen molar-refractivity contribution in [2.45, 2.75) is 32.9 Å². The lowest BCUT2D eigenvalue weighted by molar-refractivity contribution is -0.125. The first-order valence-electron chi connectivity index (χ1n) is 6.04. The van der Waals surface area contributed by atoms with Crippen molar-refractivity contribution >= 4 is 5.91 Å². The molecule has 3 atom stereocenters. The Morgan fingerprint density at radius 3 is 2.65 bits per heavy atom. The second kappa shape index (κ2) is 3.25. The molecule has 0 bridgehead atoms. The van der Waals surface area contributed by atoms with E-state index in [4.69, 9.17) is 4.74 Å². The molecule has 1 N–H and O–H groups in total. The minimum atomic E-state index is -0.177. The lowest BCUT2D eigenvalue weighted by Gasteiger charge is -2.28. The number of nitrogens with one attached hydrogen (secondary N) is 1. The van der Waals surface area contributed by atoms with Crippen molar-refractivity contribution in [2.75, 3.05) is 0 Å². The predicted molar refractivity (Wildman–Crippen MR) is 64.7 cm³/mol. The fraction of sp³-hybridized carbons (Fsp3) is 0.500. The summed E-state index contributed by atoms with van der Waals surface area (Å²) in [4.78, 5) is 12.1. The van der Waals surface area contributed by atoms with Crippen LogP contribution in [0.2, 0.25) is 0 Å². The molecule has 2 heterocycles. The highest BCUT2D eigenvalue weighted by Gasteiger charge is 2.53. The van der Waals surface area contributed by atoms with Crippen LogP contribution in [0.3, 0.4) is 0 Å². The average Bonchev–Trinajstić information content (AvgIpc) is 2.70. The van der Waals surface area contributed by atoms with Crippen LogP contribution in [0, 0.1) is 11.3 Å². The molecular formula is C14H17NO2. The van der Waals surface area contributed by atoms with Crippen LogP contribution < -0.4 is 10.1 Å². The zero-order chi connectivity index (χ0) is 12.2. The van der Waals surface area contributed by atoms with Gasteiger partial charge in [-0.2, -0.15) is 0 Å². The number of fused-ring (bicyclic) bond motifs is 3. The summed E-state index contributed by atoms with van der Waals surface area (Å²) < 4.78 is 5.79. The summed E-state index contributed by atoms with van der Waals surface area (Å²) >= 11 is 0. The van der Waals surface area contributed by atoms with Gasteiger partial charge in [0.05, 0.1) is 11.8 Å². The molecule has 3 nitrogen and oxygen atoms in total. The van der Waals surface area contributed by atoms with Crippen LogP contribution in [0.15, 0.2) is 24.3 Å². The second-order valence-corrected chi connectivity index (χ2v) is 5.95. The quantitative estimate of drug-likeness (QED) is 0.744. The van der Waals surface area contributed by atoms with E-state index in [2.05, 4.69) is 32.2 Å². The Morgan fingerprint density at radius 1 is 1.24 bits per heavy atom. The number of amides is 1. The van der Waals surface area contributed by atoms with E-state index in [1.54, 1.807) is 0 Å². The van der Waals surface area contributed by atoms with E-state index >= 15 is 0 Å². The van der Waals surface area contributed by atoms with Crippen molar-refractivity contribution in [1.82, 2.24) is 5.32 Å². The maximum atomic E-state index is 12.1. The van der Waals surface area contributed by atoms with Gasteiger partial charge in [0.25, 0.3) is 0 Å². The Kier molecular flexibility index (Phi) is 2.03. The third kappa shape index (κ3) is 1.45. The predicted octanol–water partition coefficient (Wildman–Crippen LogP) is 2.28. The lowest BCUT2D eigenvalue weighted by Crippen LogP contribution is -2.32. The van der Waals surface area contributed by atoms with Gasteiger partial charge in [0.1, 0.15) is 5.75 Å². The van der Waals surface area contributed by atoms with Crippen LogP contribution in [0.5, 0.6) is 5.75 Å². The van der Waals surface area contributed by atoms with E-state index in [0.717, 1.165) is 11.3 Å². The molecule has 0 aromatic heterocycles. The van der Waals surface area contributed by atoms with Gasteiger partial charge in [-0.05, 0) is 11.5 Å². The molecule has 1 amide bonds. The number of ether oxygens (including phenoxy) is 1. The van der Waals surface area contributed by atoms with Crippen molar-refractivity contribution in [3.63, 3.8) is 0 Å². The summed E-state index contributed by atoms with van der Waals surface area (Å²) in [6.07, 6.45) is -0.177. The van der Waals surface area contributed by atoms with Gasteiger partial charge < -0.3 is 10.1 Å². The zero-order valence-corrected chi connectivity index (χ0v) is 10.4. The largest absolute Gasteiger partial charge is 0.470 e. The molecule has 0 spiro atoms. The molecule has 1 fully saturated rings. The highest BCUT2D eigenvalue weighted by molar-refractivity contribution is 5.84. The summed E-state index contributed by atoms with van der Waals surface area (Å²) in [5.74, 6) is 1.16. The summed E-state index contributed by atoms with van der Waals surface area (Å²) in [6.45, 7) is 6.34. The maximum Gasteiger partial charge on any atom is 0.227 e. The molecule has 90 valence electrons. The Bertz CT molecular complexity index is 475. The first-order chi connectivity index (χ1) is 7.98. The number of para-hydroxylation sites is 1. The Hall–Kier alpha value is -1.51. The van der Waals surface area contributed by atoms with Crippen molar-refractivity contribution in [3.05, 3.63) is 29.8 Å². The Balaban J connectivity index is 2.07. The van der Waals surface area contributed by atoms with Crippen molar-refractivity contribution in [2.24, 2.45) is 11.3 Å². The van der Waals surface area contributed by atoms with Gasteiger partial charge in [0, 0.05) is 5.56 Å². The minimum Gasteiger partial charge on any atom is -0.470 e. The van der Waals surface area contributed by atoms with E-state index in [1.165, 1.54) is 0 Å². The molecule has 0 saturated carbocycles. The number of carbonyl (C=O) groups is 1. The van der Waals surface area contributed by atoms with Gasteiger partial charge in [-0.15, -0.1) is 0 Å². The van der Waals surface area contributed by atoms with Gasteiger partial charge in [0.15, 0.2) is 6.23 Å². The third-order valence-corrected chi connectivity index (χ3v) is 3.72. The smallest absolute Gasteiger partial charge is 0.227 e. The molecule has 0 aliphatic carbocycles. The topological polar surface area (TPSA) is 38.3 Å². The normalized spacial score (nSPS) is 30.5. The highest BCUT2D eigenvalue weighted by atomic mass is 16.5. The van der Waals surface area contributed by atoms with Crippen molar-refractivity contribution in [1.29, 1.82) is 0 Å². The SMILES string of the molecule is CC(C)(C)C1C(=O)N[C@H]2Oc3ccccc3[C@@H]12. The van der Waals surface area contributed by atoms with Crippen molar-refractivity contribution < 1.29 is 9.53 Å². The van der Waals surface area contributed by atoms with E-state index in [1.807, 2.05) is 18.2 Å². The summed E-state index contributed by atoms with van der Waals surface area (Å²) in [5, 5.41) is 2.96. The molecule has 3 heteroatoms. The fourth-order valence-electron chi connectivity index (χ4n) is 3.04. The number of hydrogen-bond acceptors (Lipinski definition) is 2.